The zero-order valence-corrected chi connectivity index (χ0v) is 17.8. The van der Waals surface area contributed by atoms with Crippen LogP contribution in [0.4, 0.5) is 0 Å². The molecule has 158 valence electrons. The van der Waals surface area contributed by atoms with Crippen LogP contribution in [0.2, 0.25) is 0 Å². The number of aryl methyl sites for hydroxylation is 1. The molecule has 0 aliphatic rings. The van der Waals surface area contributed by atoms with E-state index in [0.717, 1.165) is 44.1 Å². The lowest BCUT2D eigenvalue weighted by molar-refractivity contribution is 0.0495. The summed E-state index contributed by atoms with van der Waals surface area (Å²) in [6, 6.07) is 4.73. The highest BCUT2D eigenvalue weighted by Crippen LogP contribution is 2.18. The van der Waals surface area contributed by atoms with Gasteiger partial charge in [0.2, 0.25) is 0 Å². The van der Waals surface area contributed by atoms with Crippen LogP contribution in [0.1, 0.15) is 117 Å². The van der Waals surface area contributed by atoms with Gasteiger partial charge < -0.3 is 9.84 Å². The summed E-state index contributed by atoms with van der Waals surface area (Å²) in [5, 5.41) is 9.25. The smallest absolute Gasteiger partial charge is 0.338 e. The zero-order valence-electron chi connectivity index (χ0n) is 17.8. The van der Waals surface area contributed by atoms with Gasteiger partial charge >= 0.3 is 11.9 Å². The molecule has 0 unspecified atom stereocenters. The van der Waals surface area contributed by atoms with Gasteiger partial charge in [-0.05, 0) is 43.0 Å². The van der Waals surface area contributed by atoms with E-state index < -0.39 is 5.97 Å². The Labute approximate surface area is 170 Å². The number of carboxylic acids is 1. The number of aromatic carboxylic acids is 1. The predicted octanol–water partition coefficient (Wildman–Crippen LogP) is 6.81. The molecule has 1 aromatic carbocycles. The maximum absolute atomic E-state index is 12.4. The molecule has 0 bridgehead atoms. The van der Waals surface area contributed by atoms with Crippen molar-refractivity contribution in [2.24, 2.45) is 0 Å². The van der Waals surface area contributed by atoms with Crippen molar-refractivity contribution in [3.8, 4) is 0 Å². The lowest BCUT2D eigenvalue weighted by Gasteiger charge is -2.11. The number of hydrogen-bond donors (Lipinski definition) is 1. The van der Waals surface area contributed by atoms with E-state index in [0.29, 0.717) is 12.2 Å². The summed E-state index contributed by atoms with van der Waals surface area (Å²) in [4.78, 5) is 23.7. The standard InChI is InChI=1S/C24H38O4/c1-3-5-7-8-9-10-11-12-13-15-20-19-21(23(25)26)16-17-22(20)24(27)28-18-14-6-4-2/h16-17,19H,3-15,18H2,1-2H3,(H,25,26). The number of unbranched alkanes of at least 4 members (excludes halogenated alkanes) is 10. The molecule has 0 heterocycles. The molecule has 1 N–H and O–H groups in total. The van der Waals surface area contributed by atoms with Crippen LogP contribution in [0.15, 0.2) is 18.2 Å². The SMILES string of the molecule is CCCCCCCCCCCc1cc(C(=O)O)ccc1C(=O)OCCCCC. The second kappa shape index (κ2) is 15.1. The summed E-state index contributed by atoms with van der Waals surface area (Å²) in [6.45, 7) is 4.76. The third-order valence-corrected chi connectivity index (χ3v) is 5.10. The van der Waals surface area contributed by atoms with Crippen LogP contribution in [0.5, 0.6) is 0 Å². The number of rotatable bonds is 16. The molecule has 0 saturated heterocycles. The van der Waals surface area contributed by atoms with Crippen LogP contribution < -0.4 is 0 Å². The molecule has 0 atom stereocenters. The number of ether oxygens (including phenoxy) is 1. The van der Waals surface area contributed by atoms with Gasteiger partial charge in [0.15, 0.2) is 0 Å². The predicted molar refractivity (Wildman–Crippen MR) is 114 cm³/mol. The summed E-state index contributed by atoms with van der Waals surface area (Å²) in [7, 11) is 0. The van der Waals surface area contributed by atoms with E-state index in [2.05, 4.69) is 13.8 Å². The summed E-state index contributed by atoms with van der Waals surface area (Å²) < 4.78 is 5.38. The fourth-order valence-electron chi connectivity index (χ4n) is 3.35. The highest BCUT2D eigenvalue weighted by molar-refractivity contribution is 5.94. The van der Waals surface area contributed by atoms with Crippen molar-refractivity contribution in [3.05, 3.63) is 34.9 Å². The van der Waals surface area contributed by atoms with Crippen molar-refractivity contribution in [1.82, 2.24) is 0 Å². The normalized spacial score (nSPS) is 10.8. The highest BCUT2D eigenvalue weighted by Gasteiger charge is 2.15. The lowest BCUT2D eigenvalue weighted by atomic mass is 9.98. The molecule has 0 amide bonds. The van der Waals surface area contributed by atoms with Crippen molar-refractivity contribution in [1.29, 1.82) is 0 Å². The molecular formula is C24H38O4. The fraction of sp³-hybridized carbons (Fsp3) is 0.667. The van der Waals surface area contributed by atoms with Gasteiger partial charge in [-0.25, -0.2) is 9.59 Å². The first-order chi connectivity index (χ1) is 13.6. The van der Waals surface area contributed by atoms with Crippen molar-refractivity contribution in [2.75, 3.05) is 6.61 Å². The maximum atomic E-state index is 12.4. The molecule has 28 heavy (non-hydrogen) atoms. The zero-order chi connectivity index (χ0) is 20.6. The van der Waals surface area contributed by atoms with Gasteiger partial charge in [-0.1, -0.05) is 78.1 Å². The monoisotopic (exact) mass is 390 g/mol. The Balaban J connectivity index is 2.50. The Kier molecular flexibility index (Phi) is 13.1. The molecule has 4 heteroatoms. The first-order valence-corrected chi connectivity index (χ1v) is 11.1. The number of carbonyl (C=O) groups is 2. The van der Waals surface area contributed by atoms with E-state index in [-0.39, 0.29) is 11.5 Å². The van der Waals surface area contributed by atoms with Crippen molar-refractivity contribution in [3.63, 3.8) is 0 Å². The molecule has 0 fully saturated rings. The highest BCUT2D eigenvalue weighted by atomic mass is 16.5. The van der Waals surface area contributed by atoms with Crippen LogP contribution in [-0.2, 0) is 11.2 Å². The lowest BCUT2D eigenvalue weighted by Crippen LogP contribution is -2.11. The molecule has 4 nitrogen and oxygen atoms in total. The molecule has 0 spiro atoms. The molecule has 0 aliphatic heterocycles. The van der Waals surface area contributed by atoms with E-state index in [1.54, 1.807) is 12.1 Å². The van der Waals surface area contributed by atoms with Crippen LogP contribution in [-0.4, -0.2) is 23.7 Å². The quantitative estimate of drug-likeness (QED) is 0.249. The largest absolute Gasteiger partial charge is 0.478 e. The Morgan fingerprint density at radius 2 is 1.39 bits per heavy atom. The molecular weight excluding hydrogens is 352 g/mol. The van der Waals surface area contributed by atoms with Crippen LogP contribution >= 0.6 is 0 Å². The molecule has 0 saturated carbocycles. The summed E-state index contributed by atoms with van der Waals surface area (Å²) in [6.07, 6.45) is 14.8. The fourth-order valence-corrected chi connectivity index (χ4v) is 3.35. The molecule has 0 aliphatic carbocycles. The van der Waals surface area contributed by atoms with Gasteiger partial charge in [0.05, 0.1) is 17.7 Å². The number of carbonyl (C=O) groups excluding carboxylic acids is 1. The molecule has 1 rings (SSSR count). The van der Waals surface area contributed by atoms with Crippen molar-refractivity contribution >= 4 is 11.9 Å². The molecule has 0 aromatic heterocycles. The van der Waals surface area contributed by atoms with Crippen LogP contribution in [0.3, 0.4) is 0 Å². The van der Waals surface area contributed by atoms with Gasteiger partial charge in [-0.15, -0.1) is 0 Å². The topological polar surface area (TPSA) is 63.6 Å². The Morgan fingerprint density at radius 1 is 0.821 bits per heavy atom. The van der Waals surface area contributed by atoms with Crippen molar-refractivity contribution in [2.45, 2.75) is 97.3 Å². The first-order valence-electron chi connectivity index (χ1n) is 11.1. The van der Waals surface area contributed by atoms with Crippen LogP contribution in [0.25, 0.3) is 0 Å². The van der Waals surface area contributed by atoms with E-state index >= 15 is 0 Å². The summed E-state index contributed by atoms with van der Waals surface area (Å²) in [5.74, 6) is -1.30. The maximum Gasteiger partial charge on any atom is 0.338 e. The van der Waals surface area contributed by atoms with Gasteiger partial charge in [0.25, 0.3) is 0 Å². The van der Waals surface area contributed by atoms with Crippen molar-refractivity contribution < 1.29 is 19.4 Å². The Morgan fingerprint density at radius 3 is 2.00 bits per heavy atom. The first kappa shape index (κ1) is 24.2. The Hall–Kier alpha value is -1.84. The molecule has 1 aromatic rings. The third kappa shape index (κ3) is 9.91. The van der Waals surface area contributed by atoms with E-state index in [4.69, 9.17) is 4.74 Å². The Bertz CT molecular complexity index is 580. The minimum atomic E-state index is -0.962. The van der Waals surface area contributed by atoms with E-state index in [1.165, 1.54) is 51.0 Å². The number of esters is 1. The van der Waals surface area contributed by atoms with Gasteiger partial charge in [0, 0.05) is 0 Å². The van der Waals surface area contributed by atoms with Gasteiger partial charge in [-0.2, -0.15) is 0 Å². The molecule has 0 radical (unpaired) electrons. The number of benzene rings is 1. The van der Waals surface area contributed by atoms with Gasteiger partial charge in [-0.3, -0.25) is 0 Å². The number of hydrogen-bond acceptors (Lipinski definition) is 3. The minimum Gasteiger partial charge on any atom is -0.478 e. The summed E-state index contributed by atoms with van der Waals surface area (Å²) >= 11 is 0. The third-order valence-electron chi connectivity index (χ3n) is 5.10. The van der Waals surface area contributed by atoms with Gasteiger partial charge in [0.1, 0.15) is 0 Å². The van der Waals surface area contributed by atoms with E-state index in [1.807, 2.05) is 0 Å². The average molecular weight is 391 g/mol. The number of carboxylic acid groups (broad SMARTS) is 1. The minimum absolute atomic E-state index is 0.230. The second-order valence-electron chi connectivity index (χ2n) is 7.60. The average Bonchev–Trinajstić information content (AvgIpc) is 2.69. The van der Waals surface area contributed by atoms with Crippen LogP contribution in [0, 0.1) is 0 Å². The van der Waals surface area contributed by atoms with E-state index in [9.17, 15) is 14.7 Å². The second-order valence-corrected chi connectivity index (χ2v) is 7.60. The summed E-state index contributed by atoms with van der Waals surface area (Å²) in [5.41, 5.74) is 1.54.